The van der Waals surface area contributed by atoms with Crippen LogP contribution >= 0.6 is 11.3 Å². The molecule has 1 aliphatic heterocycles. The zero-order valence-corrected chi connectivity index (χ0v) is 20.2. The number of benzene rings is 2. The summed E-state index contributed by atoms with van der Waals surface area (Å²) in [6.07, 6.45) is 0. The van der Waals surface area contributed by atoms with E-state index in [1.165, 1.54) is 21.7 Å². The largest absolute Gasteiger partial charge is 0.492 e. The van der Waals surface area contributed by atoms with Gasteiger partial charge in [0.25, 0.3) is 5.91 Å². The van der Waals surface area contributed by atoms with Gasteiger partial charge in [-0.1, -0.05) is 36.4 Å². The molecule has 7 nitrogen and oxygen atoms in total. The van der Waals surface area contributed by atoms with E-state index in [-0.39, 0.29) is 10.8 Å². The molecule has 4 rings (SSSR count). The number of carbonyl (C=O) groups is 1. The fourth-order valence-electron chi connectivity index (χ4n) is 3.55. The Morgan fingerprint density at radius 3 is 2.55 bits per heavy atom. The number of nitrogens with zero attached hydrogens (tertiary/aromatic N) is 1. The smallest absolute Gasteiger partial charge is 0.269 e. The number of nitrogens with one attached hydrogen (secondary N) is 1. The molecule has 0 radical (unpaired) electrons. The minimum absolute atomic E-state index is 0.145. The molecule has 0 unspecified atom stereocenters. The van der Waals surface area contributed by atoms with E-state index < -0.39 is 10.0 Å². The molecule has 0 bridgehead atoms. The molecule has 2 aromatic carbocycles. The van der Waals surface area contributed by atoms with Crippen molar-refractivity contribution in [3.63, 3.8) is 0 Å². The Kier molecular flexibility index (Phi) is 7.14. The number of ether oxygens (including phenoxy) is 2. The lowest BCUT2D eigenvalue weighted by Gasteiger charge is -2.26. The monoisotopic (exact) mass is 486 g/mol. The third-order valence-corrected chi connectivity index (χ3v) is 8.39. The van der Waals surface area contributed by atoms with E-state index in [0.29, 0.717) is 49.2 Å². The Labute approximate surface area is 198 Å². The average molecular weight is 487 g/mol. The highest BCUT2D eigenvalue weighted by molar-refractivity contribution is 7.89. The second-order valence-corrected chi connectivity index (χ2v) is 10.5. The second-order valence-electron chi connectivity index (χ2n) is 7.55. The lowest BCUT2D eigenvalue weighted by molar-refractivity contribution is 0.0730. The fourth-order valence-corrected chi connectivity index (χ4v) is 5.99. The van der Waals surface area contributed by atoms with Gasteiger partial charge in [0, 0.05) is 23.7 Å². The number of sulfonamides is 1. The molecule has 2 heterocycles. The number of hydrogen-bond donors (Lipinski definition) is 1. The van der Waals surface area contributed by atoms with Crippen LogP contribution in [0.5, 0.6) is 5.75 Å². The first kappa shape index (κ1) is 23.4. The Bertz CT molecular complexity index is 1230. The molecule has 0 spiro atoms. The molecule has 1 amide bonds. The summed E-state index contributed by atoms with van der Waals surface area (Å²) in [6, 6.07) is 16.4. The summed E-state index contributed by atoms with van der Waals surface area (Å²) in [5.41, 5.74) is 2.21. The maximum absolute atomic E-state index is 13.2. The molecule has 1 aromatic heterocycles. The first-order valence-corrected chi connectivity index (χ1v) is 13.0. The Morgan fingerprint density at radius 2 is 1.85 bits per heavy atom. The SMILES string of the molecule is CCOc1cc(-c2ccccc2)sc1C(=O)Nc1cc(S(=O)(=O)N2CCOCC2)ccc1C. The maximum atomic E-state index is 13.2. The van der Waals surface area contributed by atoms with E-state index in [1.54, 1.807) is 12.1 Å². The normalized spacial score (nSPS) is 14.7. The first-order chi connectivity index (χ1) is 15.9. The van der Waals surface area contributed by atoms with E-state index in [1.807, 2.05) is 50.2 Å². The van der Waals surface area contributed by atoms with Gasteiger partial charge in [0.15, 0.2) is 0 Å². The minimum atomic E-state index is -3.67. The maximum Gasteiger partial charge on any atom is 0.269 e. The van der Waals surface area contributed by atoms with Gasteiger partial charge >= 0.3 is 0 Å². The van der Waals surface area contributed by atoms with Gasteiger partial charge in [-0.3, -0.25) is 4.79 Å². The zero-order chi connectivity index (χ0) is 23.4. The topological polar surface area (TPSA) is 84.9 Å². The molecule has 1 aliphatic rings. The van der Waals surface area contributed by atoms with E-state index in [2.05, 4.69) is 5.32 Å². The van der Waals surface area contributed by atoms with Gasteiger partial charge in [-0.25, -0.2) is 8.42 Å². The lowest BCUT2D eigenvalue weighted by Crippen LogP contribution is -2.40. The molecule has 33 heavy (non-hydrogen) atoms. The molecule has 1 saturated heterocycles. The van der Waals surface area contributed by atoms with Crippen molar-refractivity contribution in [2.75, 3.05) is 38.2 Å². The Hall–Kier alpha value is -2.72. The van der Waals surface area contributed by atoms with Crippen LogP contribution in [0.25, 0.3) is 10.4 Å². The summed E-state index contributed by atoms with van der Waals surface area (Å²) in [7, 11) is -3.67. The predicted octanol–water partition coefficient (Wildman–Crippen LogP) is 4.40. The third-order valence-electron chi connectivity index (χ3n) is 5.33. The highest BCUT2D eigenvalue weighted by Gasteiger charge is 2.27. The van der Waals surface area contributed by atoms with Crippen molar-refractivity contribution in [1.29, 1.82) is 0 Å². The van der Waals surface area contributed by atoms with Crippen LogP contribution in [0, 0.1) is 6.92 Å². The van der Waals surface area contributed by atoms with Crippen molar-refractivity contribution >= 4 is 33.0 Å². The standard InChI is InChI=1S/C24H26N2O5S2/c1-3-31-21-16-22(18-7-5-4-6-8-18)32-23(21)24(27)25-20-15-19(10-9-17(20)2)33(28,29)26-11-13-30-14-12-26/h4-10,15-16H,3,11-14H2,1-2H3,(H,25,27). The van der Waals surface area contributed by atoms with Crippen LogP contribution in [0.1, 0.15) is 22.2 Å². The van der Waals surface area contributed by atoms with Crippen molar-refractivity contribution < 1.29 is 22.7 Å². The summed E-state index contributed by atoms with van der Waals surface area (Å²) in [5.74, 6) is 0.170. The molecule has 174 valence electrons. The van der Waals surface area contributed by atoms with Gasteiger partial charge in [0.2, 0.25) is 10.0 Å². The van der Waals surface area contributed by atoms with Crippen molar-refractivity contribution in [3.05, 3.63) is 65.0 Å². The number of carbonyl (C=O) groups excluding carboxylic acids is 1. The summed E-state index contributed by atoms with van der Waals surface area (Å²) in [4.78, 5) is 14.7. The predicted molar refractivity (Wildman–Crippen MR) is 130 cm³/mol. The van der Waals surface area contributed by atoms with Crippen molar-refractivity contribution in [3.8, 4) is 16.2 Å². The van der Waals surface area contributed by atoms with Crippen molar-refractivity contribution in [2.45, 2.75) is 18.7 Å². The third kappa shape index (κ3) is 5.11. The lowest BCUT2D eigenvalue weighted by atomic mass is 10.2. The number of amides is 1. The molecule has 1 fully saturated rings. The average Bonchev–Trinajstić information content (AvgIpc) is 3.26. The van der Waals surface area contributed by atoms with Gasteiger partial charge in [-0.15, -0.1) is 11.3 Å². The van der Waals surface area contributed by atoms with Crippen LogP contribution in [0.2, 0.25) is 0 Å². The highest BCUT2D eigenvalue weighted by Crippen LogP contribution is 2.37. The van der Waals surface area contributed by atoms with E-state index in [4.69, 9.17) is 9.47 Å². The number of rotatable bonds is 7. The minimum Gasteiger partial charge on any atom is -0.492 e. The number of morpholine rings is 1. The molecular weight excluding hydrogens is 460 g/mol. The summed E-state index contributed by atoms with van der Waals surface area (Å²) in [5, 5.41) is 2.89. The molecule has 9 heteroatoms. The van der Waals surface area contributed by atoms with Crippen molar-refractivity contribution in [1.82, 2.24) is 4.31 Å². The van der Waals surface area contributed by atoms with Crippen LogP contribution in [-0.4, -0.2) is 51.5 Å². The van der Waals surface area contributed by atoms with Crippen LogP contribution < -0.4 is 10.1 Å². The number of anilines is 1. The number of hydrogen-bond acceptors (Lipinski definition) is 6. The summed E-state index contributed by atoms with van der Waals surface area (Å²) >= 11 is 1.34. The highest BCUT2D eigenvalue weighted by atomic mass is 32.2. The zero-order valence-electron chi connectivity index (χ0n) is 18.5. The summed E-state index contributed by atoms with van der Waals surface area (Å²) in [6.45, 7) is 5.49. The molecule has 1 N–H and O–H groups in total. The quantitative estimate of drug-likeness (QED) is 0.535. The Morgan fingerprint density at radius 1 is 1.12 bits per heavy atom. The van der Waals surface area contributed by atoms with Gasteiger partial charge in [-0.05, 0) is 43.2 Å². The molecule has 0 aliphatic carbocycles. The van der Waals surface area contributed by atoms with E-state index in [0.717, 1.165) is 16.0 Å². The van der Waals surface area contributed by atoms with Gasteiger partial charge in [-0.2, -0.15) is 4.31 Å². The van der Waals surface area contributed by atoms with E-state index in [9.17, 15) is 13.2 Å². The number of aryl methyl sites for hydroxylation is 1. The molecule has 0 atom stereocenters. The molecular formula is C24H26N2O5S2. The Balaban J connectivity index is 1.62. The fraction of sp³-hybridized carbons (Fsp3) is 0.292. The van der Waals surface area contributed by atoms with Gasteiger partial charge < -0.3 is 14.8 Å². The van der Waals surface area contributed by atoms with Crippen LogP contribution in [0.15, 0.2) is 59.5 Å². The van der Waals surface area contributed by atoms with Gasteiger partial charge in [0.1, 0.15) is 10.6 Å². The first-order valence-electron chi connectivity index (χ1n) is 10.7. The second kappa shape index (κ2) is 10.0. The van der Waals surface area contributed by atoms with Gasteiger partial charge in [0.05, 0.1) is 24.7 Å². The van der Waals surface area contributed by atoms with Crippen molar-refractivity contribution in [2.24, 2.45) is 0 Å². The number of thiophene rings is 1. The van der Waals surface area contributed by atoms with E-state index >= 15 is 0 Å². The van der Waals surface area contributed by atoms with Crippen LogP contribution in [-0.2, 0) is 14.8 Å². The van der Waals surface area contributed by atoms with Crippen LogP contribution in [0.3, 0.4) is 0 Å². The summed E-state index contributed by atoms with van der Waals surface area (Å²) < 4.78 is 38.5. The molecule has 0 saturated carbocycles. The van der Waals surface area contributed by atoms with Crippen LogP contribution in [0.4, 0.5) is 5.69 Å². The molecule has 3 aromatic rings.